The number of furan rings is 1. The first-order chi connectivity index (χ1) is 13.7. The second-order valence-corrected chi connectivity index (χ2v) is 7.98. The minimum Gasteiger partial charge on any atom is -0.497 e. The van der Waals surface area contributed by atoms with Gasteiger partial charge in [0.2, 0.25) is 5.89 Å². The third-order valence-corrected chi connectivity index (χ3v) is 5.39. The second kappa shape index (κ2) is 8.46. The zero-order valence-electron chi connectivity index (χ0n) is 15.9. The van der Waals surface area contributed by atoms with Crippen LogP contribution in [-0.2, 0) is 19.6 Å². The molecule has 4 rings (SSSR count). The second-order valence-electron chi connectivity index (χ2n) is 6.61. The largest absolute Gasteiger partial charge is 0.497 e. The molecule has 0 atom stereocenters. The topological polar surface area (TPSA) is 51.6 Å². The summed E-state index contributed by atoms with van der Waals surface area (Å²) in [6.07, 6.45) is 3.44. The first kappa shape index (κ1) is 18.5. The summed E-state index contributed by atoms with van der Waals surface area (Å²) < 4.78 is 16.5. The van der Waals surface area contributed by atoms with Crippen LogP contribution < -0.4 is 4.74 Å². The fourth-order valence-corrected chi connectivity index (χ4v) is 3.99. The molecule has 0 N–H and O–H groups in total. The molecular weight excluding hydrogens is 372 g/mol. The third kappa shape index (κ3) is 4.52. The smallest absolute Gasteiger partial charge is 0.226 e. The molecule has 0 aliphatic carbocycles. The van der Waals surface area contributed by atoms with Crippen LogP contribution in [0, 0.1) is 6.92 Å². The highest BCUT2D eigenvalue weighted by Gasteiger charge is 2.14. The van der Waals surface area contributed by atoms with E-state index in [1.54, 1.807) is 19.6 Å². The van der Waals surface area contributed by atoms with Crippen molar-refractivity contribution in [1.82, 2.24) is 9.88 Å². The first-order valence-corrected chi connectivity index (χ1v) is 9.90. The molecule has 1 aromatic carbocycles. The number of methoxy groups -OCH3 is 1. The van der Waals surface area contributed by atoms with Crippen LogP contribution in [0.15, 0.2) is 69.9 Å². The van der Waals surface area contributed by atoms with Gasteiger partial charge in [0.15, 0.2) is 0 Å². The van der Waals surface area contributed by atoms with Crippen LogP contribution in [0.5, 0.6) is 5.75 Å². The van der Waals surface area contributed by atoms with E-state index in [2.05, 4.69) is 28.9 Å². The number of oxazole rings is 1. The van der Waals surface area contributed by atoms with Crippen molar-refractivity contribution in [3.8, 4) is 17.2 Å². The highest BCUT2D eigenvalue weighted by atomic mass is 32.1. The summed E-state index contributed by atoms with van der Waals surface area (Å²) >= 11 is 1.82. The maximum absolute atomic E-state index is 5.72. The van der Waals surface area contributed by atoms with Crippen LogP contribution in [0.2, 0.25) is 0 Å². The van der Waals surface area contributed by atoms with Crippen molar-refractivity contribution >= 4 is 11.3 Å². The van der Waals surface area contributed by atoms with E-state index in [4.69, 9.17) is 13.6 Å². The van der Waals surface area contributed by atoms with Gasteiger partial charge in [-0.2, -0.15) is 0 Å². The summed E-state index contributed by atoms with van der Waals surface area (Å²) in [5.74, 6) is 2.36. The van der Waals surface area contributed by atoms with Crippen molar-refractivity contribution in [1.29, 1.82) is 0 Å². The lowest BCUT2D eigenvalue weighted by atomic mass is 10.2. The van der Waals surface area contributed by atoms with E-state index < -0.39 is 0 Å². The molecule has 0 aliphatic heterocycles. The number of aromatic nitrogens is 1. The summed E-state index contributed by atoms with van der Waals surface area (Å²) in [7, 11) is 1.65. The summed E-state index contributed by atoms with van der Waals surface area (Å²) in [6.45, 7) is 4.36. The molecule has 6 heteroatoms. The molecule has 0 fully saturated rings. The van der Waals surface area contributed by atoms with Crippen LogP contribution in [0.3, 0.4) is 0 Å². The molecule has 3 aromatic heterocycles. The Bertz CT molecular complexity index is 1000. The molecule has 4 aromatic rings. The molecule has 0 saturated carbocycles. The number of hydrogen-bond donors (Lipinski definition) is 0. The standard InChI is InChI=1S/C22H22N2O3S/c1-16-5-10-21(28-16)14-24(13-20-4-3-11-26-20)12-18-15-27-22(23-18)17-6-8-19(25-2)9-7-17/h3-11,15H,12-14H2,1-2H3. The normalized spacial score (nSPS) is 11.2. The number of ether oxygens (including phenoxy) is 1. The average molecular weight is 394 g/mol. The van der Waals surface area contributed by atoms with Crippen LogP contribution >= 0.6 is 11.3 Å². The Morgan fingerprint density at radius 2 is 1.86 bits per heavy atom. The Labute approximate surface area is 168 Å². The number of rotatable bonds is 8. The summed E-state index contributed by atoms with van der Waals surface area (Å²) in [5.41, 5.74) is 1.82. The van der Waals surface area contributed by atoms with E-state index in [-0.39, 0.29) is 0 Å². The van der Waals surface area contributed by atoms with Gasteiger partial charge in [-0.15, -0.1) is 11.3 Å². The van der Waals surface area contributed by atoms with Crippen molar-refractivity contribution in [2.45, 2.75) is 26.6 Å². The molecule has 0 saturated heterocycles. The van der Waals surface area contributed by atoms with Gasteiger partial charge in [0.1, 0.15) is 17.8 Å². The van der Waals surface area contributed by atoms with E-state index in [1.807, 2.05) is 47.7 Å². The number of aryl methyl sites for hydroxylation is 1. The fraction of sp³-hybridized carbons (Fsp3) is 0.227. The van der Waals surface area contributed by atoms with Crippen molar-refractivity contribution in [2.75, 3.05) is 7.11 Å². The van der Waals surface area contributed by atoms with Crippen molar-refractivity contribution in [3.63, 3.8) is 0 Å². The highest BCUT2D eigenvalue weighted by Crippen LogP contribution is 2.24. The fourth-order valence-electron chi connectivity index (χ4n) is 3.06. The molecule has 0 aliphatic rings. The zero-order valence-corrected chi connectivity index (χ0v) is 16.7. The summed E-state index contributed by atoms with van der Waals surface area (Å²) in [6, 6.07) is 16.0. The maximum Gasteiger partial charge on any atom is 0.226 e. The maximum atomic E-state index is 5.72. The predicted molar refractivity (Wildman–Crippen MR) is 109 cm³/mol. The van der Waals surface area contributed by atoms with Gasteiger partial charge >= 0.3 is 0 Å². The van der Waals surface area contributed by atoms with Crippen LogP contribution in [-0.4, -0.2) is 17.0 Å². The Morgan fingerprint density at radius 3 is 2.54 bits per heavy atom. The molecule has 0 radical (unpaired) electrons. The van der Waals surface area contributed by atoms with E-state index in [1.165, 1.54) is 9.75 Å². The molecule has 144 valence electrons. The number of nitrogens with zero attached hydrogens (tertiary/aromatic N) is 2. The van der Waals surface area contributed by atoms with Crippen molar-refractivity contribution in [3.05, 3.63) is 82.3 Å². The molecule has 28 heavy (non-hydrogen) atoms. The number of hydrogen-bond acceptors (Lipinski definition) is 6. The third-order valence-electron chi connectivity index (χ3n) is 4.41. The molecule has 0 bridgehead atoms. The summed E-state index contributed by atoms with van der Waals surface area (Å²) in [5, 5.41) is 0. The van der Waals surface area contributed by atoms with Gasteiger partial charge in [0.05, 0.1) is 25.6 Å². The first-order valence-electron chi connectivity index (χ1n) is 9.08. The molecule has 3 heterocycles. The minimum atomic E-state index is 0.613. The Balaban J connectivity index is 1.50. The Morgan fingerprint density at radius 1 is 1.00 bits per heavy atom. The van der Waals surface area contributed by atoms with Gasteiger partial charge in [-0.05, 0) is 55.5 Å². The van der Waals surface area contributed by atoms with Gasteiger partial charge < -0.3 is 13.6 Å². The molecule has 5 nitrogen and oxygen atoms in total. The van der Waals surface area contributed by atoms with E-state index in [9.17, 15) is 0 Å². The van der Waals surface area contributed by atoms with Crippen LogP contribution in [0.25, 0.3) is 11.5 Å². The monoisotopic (exact) mass is 394 g/mol. The van der Waals surface area contributed by atoms with Gasteiger partial charge in [-0.3, -0.25) is 4.90 Å². The quantitative estimate of drug-likeness (QED) is 0.394. The molecular formula is C22H22N2O3S. The SMILES string of the molecule is COc1ccc(-c2nc(CN(Cc3ccco3)Cc3ccc(C)s3)co2)cc1. The van der Waals surface area contributed by atoms with Gasteiger partial charge in [0, 0.05) is 28.4 Å². The Kier molecular flexibility index (Phi) is 5.60. The lowest BCUT2D eigenvalue weighted by molar-refractivity contribution is 0.226. The molecule has 0 amide bonds. The lowest BCUT2D eigenvalue weighted by Crippen LogP contribution is -2.21. The zero-order chi connectivity index (χ0) is 19.3. The minimum absolute atomic E-state index is 0.613. The number of benzene rings is 1. The summed E-state index contributed by atoms with van der Waals surface area (Å²) in [4.78, 5) is 9.62. The van der Waals surface area contributed by atoms with Gasteiger partial charge in [0.25, 0.3) is 0 Å². The van der Waals surface area contributed by atoms with Crippen molar-refractivity contribution in [2.24, 2.45) is 0 Å². The lowest BCUT2D eigenvalue weighted by Gasteiger charge is -2.19. The van der Waals surface area contributed by atoms with E-state index in [0.29, 0.717) is 19.0 Å². The Hall–Kier alpha value is -2.83. The average Bonchev–Trinajstić information content (AvgIpc) is 3.45. The van der Waals surface area contributed by atoms with E-state index >= 15 is 0 Å². The number of thiophene rings is 1. The van der Waals surface area contributed by atoms with Crippen LogP contribution in [0.4, 0.5) is 0 Å². The molecule has 0 spiro atoms. The van der Waals surface area contributed by atoms with Gasteiger partial charge in [-0.1, -0.05) is 0 Å². The van der Waals surface area contributed by atoms with E-state index in [0.717, 1.165) is 29.3 Å². The van der Waals surface area contributed by atoms with Crippen LogP contribution in [0.1, 0.15) is 21.2 Å². The van der Waals surface area contributed by atoms with Gasteiger partial charge in [-0.25, -0.2) is 4.98 Å². The van der Waals surface area contributed by atoms with Crippen molar-refractivity contribution < 1.29 is 13.6 Å². The predicted octanol–water partition coefficient (Wildman–Crippen LogP) is 5.52. The highest BCUT2D eigenvalue weighted by molar-refractivity contribution is 7.11. The molecule has 0 unspecified atom stereocenters.